The second-order valence-electron chi connectivity index (χ2n) is 7.04. The molecule has 3 rings (SSSR count). The summed E-state index contributed by atoms with van der Waals surface area (Å²) in [6.45, 7) is 2.80. The molecule has 8 heteroatoms. The predicted octanol–water partition coefficient (Wildman–Crippen LogP) is 1.47. The second-order valence-corrected chi connectivity index (χ2v) is 8.98. The fourth-order valence-corrected chi connectivity index (χ4v) is 5.27. The van der Waals surface area contributed by atoms with Crippen LogP contribution in [0.4, 0.5) is 0 Å². The summed E-state index contributed by atoms with van der Waals surface area (Å²) in [5.74, 6) is -1.71. The largest absolute Gasteiger partial charge is 0.480 e. The van der Waals surface area contributed by atoms with Gasteiger partial charge in [-0.25, -0.2) is 13.2 Å². The first-order valence-corrected chi connectivity index (χ1v) is 10.3. The molecule has 0 bridgehead atoms. The van der Waals surface area contributed by atoms with Crippen molar-refractivity contribution >= 4 is 21.9 Å². The number of amides is 1. The van der Waals surface area contributed by atoms with E-state index in [0.717, 1.165) is 5.56 Å². The summed E-state index contributed by atoms with van der Waals surface area (Å²) in [5, 5.41) is 9.28. The van der Waals surface area contributed by atoms with Crippen molar-refractivity contribution in [2.75, 3.05) is 19.6 Å². The standard InChI is InChI=1S/C18H24N2O5S/c1-13-6-8-15(9-7-13)26(24,25)19-10-2-4-14(12-19)17(21)20-11-3-5-16(20)18(22)23/h6-9,14,16H,2-5,10-12H2,1H3,(H,22,23). The van der Waals surface area contributed by atoms with E-state index in [9.17, 15) is 23.1 Å². The molecule has 26 heavy (non-hydrogen) atoms. The minimum atomic E-state index is -3.65. The fourth-order valence-electron chi connectivity index (χ4n) is 3.74. The van der Waals surface area contributed by atoms with Crippen LogP contribution in [0.5, 0.6) is 0 Å². The van der Waals surface area contributed by atoms with Gasteiger partial charge in [0.25, 0.3) is 0 Å². The summed E-state index contributed by atoms with van der Waals surface area (Å²) in [6, 6.07) is 5.88. The number of benzene rings is 1. The molecular formula is C18H24N2O5S. The van der Waals surface area contributed by atoms with E-state index in [-0.39, 0.29) is 17.3 Å². The van der Waals surface area contributed by atoms with Crippen LogP contribution in [-0.2, 0) is 19.6 Å². The van der Waals surface area contributed by atoms with Crippen molar-refractivity contribution in [3.8, 4) is 0 Å². The maximum atomic E-state index is 12.9. The van der Waals surface area contributed by atoms with Crippen LogP contribution in [0.3, 0.4) is 0 Å². The number of carbonyl (C=O) groups excluding carboxylic acids is 1. The van der Waals surface area contributed by atoms with E-state index < -0.39 is 28.0 Å². The number of rotatable bonds is 4. The van der Waals surface area contributed by atoms with E-state index in [2.05, 4.69) is 0 Å². The topological polar surface area (TPSA) is 95.0 Å². The van der Waals surface area contributed by atoms with Crippen LogP contribution in [0.25, 0.3) is 0 Å². The quantitative estimate of drug-likeness (QED) is 0.854. The molecule has 0 aromatic heterocycles. The first-order valence-electron chi connectivity index (χ1n) is 8.91. The number of carbonyl (C=O) groups is 2. The highest BCUT2D eigenvalue weighted by atomic mass is 32.2. The number of nitrogens with zero attached hydrogens (tertiary/aromatic N) is 2. The smallest absolute Gasteiger partial charge is 0.326 e. The van der Waals surface area contributed by atoms with Gasteiger partial charge in [-0.15, -0.1) is 0 Å². The van der Waals surface area contributed by atoms with Crippen LogP contribution in [0.15, 0.2) is 29.2 Å². The maximum absolute atomic E-state index is 12.9. The molecule has 1 aromatic carbocycles. The van der Waals surface area contributed by atoms with Gasteiger partial charge in [-0.1, -0.05) is 17.7 Å². The lowest BCUT2D eigenvalue weighted by Gasteiger charge is -2.34. The van der Waals surface area contributed by atoms with Gasteiger partial charge in [0.05, 0.1) is 10.8 Å². The molecule has 0 saturated carbocycles. The summed E-state index contributed by atoms with van der Waals surface area (Å²) in [7, 11) is -3.65. The van der Waals surface area contributed by atoms with Crippen molar-refractivity contribution in [2.24, 2.45) is 5.92 Å². The van der Waals surface area contributed by atoms with E-state index >= 15 is 0 Å². The Morgan fingerprint density at radius 3 is 2.38 bits per heavy atom. The van der Waals surface area contributed by atoms with E-state index in [4.69, 9.17) is 0 Å². The summed E-state index contributed by atoms with van der Waals surface area (Å²) >= 11 is 0. The molecule has 142 valence electrons. The number of carboxylic acid groups (broad SMARTS) is 1. The Morgan fingerprint density at radius 2 is 1.73 bits per heavy atom. The number of hydrogen-bond donors (Lipinski definition) is 1. The molecule has 1 amide bonds. The summed E-state index contributed by atoms with van der Waals surface area (Å²) < 4.78 is 27.1. The van der Waals surface area contributed by atoms with Crippen molar-refractivity contribution in [2.45, 2.75) is 43.5 Å². The number of piperidine rings is 1. The van der Waals surface area contributed by atoms with Crippen LogP contribution in [0, 0.1) is 12.8 Å². The summed E-state index contributed by atoms with van der Waals surface area (Å²) in [4.78, 5) is 25.8. The van der Waals surface area contributed by atoms with Crippen LogP contribution in [0.1, 0.15) is 31.2 Å². The van der Waals surface area contributed by atoms with Gasteiger partial charge >= 0.3 is 5.97 Å². The van der Waals surface area contributed by atoms with Crippen LogP contribution in [0.2, 0.25) is 0 Å². The summed E-state index contributed by atoms with van der Waals surface area (Å²) in [6.07, 6.45) is 2.30. The first kappa shape index (κ1) is 18.8. The molecule has 2 fully saturated rings. The zero-order chi connectivity index (χ0) is 18.9. The van der Waals surface area contributed by atoms with Gasteiger partial charge in [0.2, 0.25) is 15.9 Å². The Labute approximate surface area is 153 Å². The van der Waals surface area contributed by atoms with Crippen LogP contribution >= 0.6 is 0 Å². The lowest BCUT2D eigenvalue weighted by atomic mass is 9.97. The second kappa shape index (κ2) is 7.36. The Balaban J connectivity index is 1.75. The third kappa shape index (κ3) is 3.61. The van der Waals surface area contributed by atoms with Gasteiger partial charge < -0.3 is 10.0 Å². The van der Waals surface area contributed by atoms with Crippen molar-refractivity contribution in [3.05, 3.63) is 29.8 Å². The highest BCUT2D eigenvalue weighted by Crippen LogP contribution is 2.28. The molecule has 1 aromatic rings. The lowest BCUT2D eigenvalue weighted by Crippen LogP contribution is -2.49. The van der Waals surface area contributed by atoms with Crippen molar-refractivity contribution in [3.63, 3.8) is 0 Å². The Kier molecular flexibility index (Phi) is 5.34. The molecule has 0 aliphatic carbocycles. The molecule has 2 aliphatic rings. The maximum Gasteiger partial charge on any atom is 0.326 e. The molecule has 7 nitrogen and oxygen atoms in total. The molecule has 0 radical (unpaired) electrons. The average molecular weight is 380 g/mol. The highest BCUT2D eigenvalue weighted by molar-refractivity contribution is 7.89. The summed E-state index contributed by atoms with van der Waals surface area (Å²) in [5.41, 5.74) is 0.976. The fraction of sp³-hybridized carbons (Fsp3) is 0.556. The van der Waals surface area contributed by atoms with Gasteiger partial charge in [0, 0.05) is 19.6 Å². The van der Waals surface area contributed by atoms with Gasteiger partial charge in [0.15, 0.2) is 0 Å². The average Bonchev–Trinajstić information content (AvgIpc) is 3.11. The Hall–Kier alpha value is -1.93. The Morgan fingerprint density at radius 1 is 1.08 bits per heavy atom. The Bertz CT molecular complexity index is 790. The van der Waals surface area contributed by atoms with Crippen molar-refractivity contribution in [1.82, 2.24) is 9.21 Å². The molecule has 2 aliphatic heterocycles. The minimum Gasteiger partial charge on any atom is -0.480 e. The highest BCUT2D eigenvalue weighted by Gasteiger charge is 2.40. The van der Waals surface area contributed by atoms with Gasteiger partial charge in [0.1, 0.15) is 6.04 Å². The normalized spacial score (nSPS) is 24.6. The van der Waals surface area contributed by atoms with E-state index in [1.807, 2.05) is 6.92 Å². The minimum absolute atomic E-state index is 0.109. The van der Waals surface area contributed by atoms with E-state index in [1.54, 1.807) is 24.3 Å². The molecule has 2 heterocycles. The van der Waals surface area contributed by atoms with Gasteiger partial charge in [-0.2, -0.15) is 4.31 Å². The van der Waals surface area contributed by atoms with Crippen molar-refractivity contribution < 1.29 is 23.1 Å². The number of likely N-dealkylation sites (tertiary alicyclic amines) is 1. The number of aliphatic carboxylic acids is 1. The molecule has 0 spiro atoms. The van der Waals surface area contributed by atoms with Gasteiger partial charge in [-0.05, 0) is 44.7 Å². The first-order chi connectivity index (χ1) is 12.3. The molecule has 1 N–H and O–H groups in total. The molecule has 2 atom stereocenters. The number of hydrogen-bond acceptors (Lipinski definition) is 4. The van der Waals surface area contributed by atoms with Gasteiger partial charge in [-0.3, -0.25) is 4.79 Å². The van der Waals surface area contributed by atoms with Crippen LogP contribution in [-0.4, -0.2) is 60.3 Å². The van der Waals surface area contributed by atoms with Crippen LogP contribution < -0.4 is 0 Å². The number of sulfonamides is 1. The number of aryl methyl sites for hydroxylation is 1. The van der Waals surface area contributed by atoms with Crippen molar-refractivity contribution in [1.29, 1.82) is 0 Å². The van der Waals surface area contributed by atoms with E-state index in [1.165, 1.54) is 9.21 Å². The zero-order valence-corrected chi connectivity index (χ0v) is 15.6. The molecule has 2 saturated heterocycles. The predicted molar refractivity (Wildman–Crippen MR) is 95.0 cm³/mol. The number of carboxylic acids is 1. The molecular weight excluding hydrogens is 356 g/mol. The SMILES string of the molecule is Cc1ccc(S(=O)(=O)N2CCCC(C(=O)N3CCCC3C(=O)O)C2)cc1. The third-order valence-electron chi connectivity index (χ3n) is 5.21. The van der Waals surface area contributed by atoms with E-state index in [0.29, 0.717) is 38.8 Å². The zero-order valence-electron chi connectivity index (χ0n) is 14.8. The lowest BCUT2D eigenvalue weighted by molar-refractivity contribution is -0.150. The monoisotopic (exact) mass is 380 g/mol. The molecule has 2 unspecified atom stereocenters. The third-order valence-corrected chi connectivity index (χ3v) is 7.09.